The number of methoxy groups -OCH3 is 1. The van der Waals surface area contributed by atoms with E-state index in [4.69, 9.17) is 4.74 Å². The lowest BCUT2D eigenvalue weighted by molar-refractivity contribution is -0.143. The zero-order valence-electron chi connectivity index (χ0n) is 19.3. The Morgan fingerprint density at radius 2 is 1.46 bits per heavy atom. The number of piperidine rings is 2. The van der Waals surface area contributed by atoms with Gasteiger partial charge in [-0.25, -0.2) is 0 Å². The summed E-state index contributed by atoms with van der Waals surface area (Å²) in [6, 6.07) is 0.843. The van der Waals surface area contributed by atoms with Crippen LogP contribution >= 0.6 is 0 Å². The van der Waals surface area contributed by atoms with Crippen molar-refractivity contribution >= 4 is 11.8 Å². The van der Waals surface area contributed by atoms with E-state index >= 15 is 0 Å². The van der Waals surface area contributed by atoms with E-state index in [2.05, 4.69) is 5.32 Å². The molecular weight excluding hydrogens is 480 g/mol. The number of carbonyl (C=O) groups is 2. The average Bonchev–Trinajstić information content (AvgIpc) is 2.82. The number of hydrogen-bond donors (Lipinski definition) is 1. The Morgan fingerprint density at radius 3 is 1.94 bits per heavy atom. The topological polar surface area (TPSA) is 61.9 Å². The lowest BCUT2D eigenvalue weighted by atomic mass is 9.96. The number of halogens is 6. The van der Waals surface area contributed by atoms with Crippen molar-refractivity contribution in [1.82, 2.24) is 15.1 Å². The fourth-order valence-electron chi connectivity index (χ4n) is 4.41. The summed E-state index contributed by atoms with van der Waals surface area (Å²) in [7, 11) is 1.66. The average molecular weight is 509 g/mol. The van der Waals surface area contributed by atoms with Gasteiger partial charge in [-0.2, -0.15) is 26.3 Å². The number of amides is 2. The maximum atomic E-state index is 13.0. The molecule has 1 aromatic rings. The maximum Gasteiger partial charge on any atom is 0.416 e. The number of likely N-dealkylation sites (tertiary alicyclic amines) is 2. The Bertz CT molecular complexity index is 857. The quantitative estimate of drug-likeness (QED) is 0.593. The Balaban J connectivity index is 1.48. The van der Waals surface area contributed by atoms with Crippen molar-refractivity contribution < 1.29 is 40.7 Å². The number of benzene rings is 1. The molecule has 0 atom stereocenters. The van der Waals surface area contributed by atoms with Gasteiger partial charge in [-0.1, -0.05) is 0 Å². The van der Waals surface area contributed by atoms with E-state index in [-0.39, 0.29) is 30.5 Å². The predicted octanol–water partition coefficient (Wildman–Crippen LogP) is 3.80. The summed E-state index contributed by atoms with van der Waals surface area (Å²) in [4.78, 5) is 28.7. The number of rotatable bonds is 6. The molecule has 6 nitrogen and oxygen atoms in total. The van der Waals surface area contributed by atoms with Gasteiger partial charge in [0.15, 0.2) is 0 Å². The van der Waals surface area contributed by atoms with Crippen molar-refractivity contribution in [2.75, 3.05) is 46.4 Å². The van der Waals surface area contributed by atoms with Gasteiger partial charge in [0.2, 0.25) is 5.91 Å². The number of carbonyl (C=O) groups excluding carboxylic acids is 2. The van der Waals surface area contributed by atoms with Crippen LogP contribution in [0.1, 0.15) is 47.2 Å². The molecule has 2 fully saturated rings. The summed E-state index contributed by atoms with van der Waals surface area (Å²) in [5.74, 6) is -0.925. The SMILES string of the molecule is COC1CCN(C(=O)CN2CCC(CNC(=O)c3cc(C(F)(F)F)cc(C(F)(F)F)c3)CC2)CC1. The molecule has 12 heteroatoms. The van der Waals surface area contributed by atoms with Crippen LogP contribution in [0.5, 0.6) is 0 Å². The summed E-state index contributed by atoms with van der Waals surface area (Å²) in [5.41, 5.74) is -3.74. The minimum absolute atomic E-state index is 0.00635. The summed E-state index contributed by atoms with van der Waals surface area (Å²) in [5, 5.41) is 2.46. The van der Waals surface area contributed by atoms with Gasteiger partial charge in [0, 0.05) is 32.3 Å². The third kappa shape index (κ3) is 7.57. The Morgan fingerprint density at radius 1 is 0.914 bits per heavy atom. The van der Waals surface area contributed by atoms with Gasteiger partial charge < -0.3 is 15.0 Å². The monoisotopic (exact) mass is 509 g/mol. The highest BCUT2D eigenvalue weighted by Gasteiger charge is 2.37. The summed E-state index contributed by atoms with van der Waals surface area (Å²) in [6.45, 7) is 2.96. The zero-order chi connectivity index (χ0) is 25.8. The van der Waals surface area contributed by atoms with Gasteiger partial charge in [0.25, 0.3) is 5.91 Å². The van der Waals surface area contributed by atoms with Crippen molar-refractivity contribution in [2.45, 2.75) is 44.1 Å². The van der Waals surface area contributed by atoms with Crippen LogP contribution in [0.2, 0.25) is 0 Å². The van der Waals surface area contributed by atoms with Crippen molar-refractivity contribution in [1.29, 1.82) is 0 Å². The molecule has 2 aliphatic rings. The van der Waals surface area contributed by atoms with Gasteiger partial charge in [0.1, 0.15) is 0 Å². The first kappa shape index (κ1) is 27.3. The van der Waals surface area contributed by atoms with Crippen LogP contribution in [-0.4, -0.2) is 74.1 Å². The van der Waals surface area contributed by atoms with E-state index in [1.54, 1.807) is 7.11 Å². The Hall–Kier alpha value is -2.34. The third-order valence-electron chi connectivity index (χ3n) is 6.60. The number of ether oxygens (including phenoxy) is 1. The Kier molecular flexibility index (Phi) is 8.68. The Labute approximate surface area is 199 Å². The van der Waals surface area contributed by atoms with Gasteiger partial charge in [-0.15, -0.1) is 0 Å². The van der Waals surface area contributed by atoms with E-state index in [1.807, 2.05) is 9.80 Å². The standard InChI is InChI=1S/C23H29F6N3O3/c1-35-19-4-8-32(9-5-19)20(33)14-31-6-2-15(3-7-31)13-30-21(34)16-10-17(22(24,25)26)12-18(11-16)23(27,28)29/h10-12,15,19H,2-9,13-14H2,1H3,(H,30,34). The first-order valence-corrected chi connectivity index (χ1v) is 11.5. The molecule has 0 aromatic heterocycles. The minimum Gasteiger partial charge on any atom is -0.381 e. The second-order valence-electron chi connectivity index (χ2n) is 9.04. The highest BCUT2D eigenvalue weighted by molar-refractivity contribution is 5.94. The molecular formula is C23H29F6N3O3. The first-order valence-electron chi connectivity index (χ1n) is 11.5. The summed E-state index contributed by atoms with van der Waals surface area (Å²) >= 11 is 0. The van der Waals surface area contributed by atoms with Crippen LogP contribution in [0.15, 0.2) is 18.2 Å². The van der Waals surface area contributed by atoms with E-state index in [9.17, 15) is 35.9 Å². The number of nitrogens with one attached hydrogen (secondary N) is 1. The molecule has 1 N–H and O–H groups in total. The molecule has 196 valence electrons. The van der Waals surface area contributed by atoms with Gasteiger partial charge >= 0.3 is 12.4 Å². The van der Waals surface area contributed by atoms with Crippen LogP contribution in [0.3, 0.4) is 0 Å². The van der Waals surface area contributed by atoms with Crippen molar-refractivity contribution in [3.63, 3.8) is 0 Å². The molecule has 3 rings (SSSR count). The highest BCUT2D eigenvalue weighted by Crippen LogP contribution is 2.36. The fraction of sp³-hybridized carbons (Fsp3) is 0.652. The molecule has 0 spiro atoms. The van der Waals surface area contributed by atoms with Gasteiger partial charge in [-0.05, 0) is 62.9 Å². The predicted molar refractivity (Wildman–Crippen MR) is 115 cm³/mol. The largest absolute Gasteiger partial charge is 0.416 e. The molecule has 2 aliphatic heterocycles. The molecule has 0 radical (unpaired) electrons. The summed E-state index contributed by atoms with van der Waals surface area (Å²) in [6.07, 6.45) is -6.94. The molecule has 0 saturated carbocycles. The zero-order valence-corrected chi connectivity index (χ0v) is 19.3. The van der Waals surface area contributed by atoms with E-state index < -0.39 is 35.0 Å². The molecule has 2 heterocycles. The second kappa shape index (κ2) is 11.2. The van der Waals surface area contributed by atoms with Crippen LogP contribution < -0.4 is 5.32 Å². The van der Waals surface area contributed by atoms with E-state index in [1.165, 1.54) is 0 Å². The lowest BCUT2D eigenvalue weighted by Crippen LogP contribution is -2.47. The van der Waals surface area contributed by atoms with Crippen molar-refractivity contribution in [3.8, 4) is 0 Å². The normalized spacial score (nSPS) is 19.1. The van der Waals surface area contributed by atoms with Gasteiger partial charge in [0.05, 0.1) is 23.8 Å². The van der Waals surface area contributed by atoms with Crippen LogP contribution in [0, 0.1) is 5.92 Å². The molecule has 0 aliphatic carbocycles. The molecule has 1 aromatic carbocycles. The second-order valence-corrected chi connectivity index (χ2v) is 9.04. The summed E-state index contributed by atoms with van der Waals surface area (Å²) < 4.78 is 83.4. The number of nitrogens with zero attached hydrogens (tertiary/aromatic N) is 2. The molecule has 2 amide bonds. The van der Waals surface area contributed by atoms with Gasteiger partial charge in [-0.3, -0.25) is 14.5 Å². The molecule has 2 saturated heterocycles. The van der Waals surface area contributed by atoms with Crippen LogP contribution in [0.4, 0.5) is 26.3 Å². The van der Waals surface area contributed by atoms with Crippen molar-refractivity contribution in [3.05, 3.63) is 34.9 Å². The smallest absolute Gasteiger partial charge is 0.381 e. The van der Waals surface area contributed by atoms with Crippen LogP contribution in [-0.2, 0) is 21.9 Å². The number of alkyl halides is 6. The first-order chi connectivity index (χ1) is 16.4. The van der Waals surface area contributed by atoms with E-state index in [0.717, 1.165) is 12.8 Å². The molecule has 0 bridgehead atoms. The van der Waals surface area contributed by atoms with Crippen LogP contribution in [0.25, 0.3) is 0 Å². The lowest BCUT2D eigenvalue weighted by Gasteiger charge is -2.35. The third-order valence-corrected chi connectivity index (χ3v) is 6.60. The van der Waals surface area contributed by atoms with Crippen molar-refractivity contribution in [2.24, 2.45) is 5.92 Å². The fourth-order valence-corrected chi connectivity index (χ4v) is 4.41. The molecule has 0 unspecified atom stereocenters. The van der Waals surface area contributed by atoms with E-state index in [0.29, 0.717) is 57.7 Å². The number of hydrogen-bond acceptors (Lipinski definition) is 4. The highest BCUT2D eigenvalue weighted by atomic mass is 19.4. The maximum absolute atomic E-state index is 13.0. The minimum atomic E-state index is -5.01. The molecule has 35 heavy (non-hydrogen) atoms.